The van der Waals surface area contributed by atoms with E-state index >= 15 is 0 Å². The molecule has 1 aliphatic rings. The molecular weight excluding hydrogens is 300 g/mol. The van der Waals surface area contributed by atoms with Crippen LogP contribution in [-0.2, 0) is 0 Å². The lowest BCUT2D eigenvalue weighted by atomic mass is 9.96. The molecule has 0 fully saturated rings. The van der Waals surface area contributed by atoms with Gasteiger partial charge in [-0.25, -0.2) is 0 Å². The SMILES string of the molecule is O=[N+]([O-])/C=C/C1=c2ccccc2=N[C@@H]1c1ccc2ccccc2c1. The fraction of sp³-hybridized carbons (Fsp3) is 0.0500. The minimum absolute atomic E-state index is 0.219. The molecular formula is C20H14N2O2. The van der Waals surface area contributed by atoms with Gasteiger partial charge in [-0.1, -0.05) is 54.6 Å². The standard InChI is InChI=1S/C20H14N2O2/c23-22(24)12-11-18-17-7-3-4-8-19(17)21-20(18)16-10-9-14-5-1-2-6-15(14)13-16/h1-13,20H/b12-11+/t20-/m1/s1. The summed E-state index contributed by atoms with van der Waals surface area (Å²) in [7, 11) is 0. The fourth-order valence-electron chi connectivity index (χ4n) is 3.14. The first-order valence-corrected chi connectivity index (χ1v) is 7.70. The van der Waals surface area contributed by atoms with Gasteiger partial charge in [0.1, 0.15) is 6.04 Å². The molecule has 0 radical (unpaired) electrons. The summed E-state index contributed by atoms with van der Waals surface area (Å²) in [5.74, 6) is 0. The second kappa shape index (κ2) is 5.74. The predicted octanol–water partition coefficient (Wildman–Crippen LogP) is 3.16. The summed E-state index contributed by atoms with van der Waals surface area (Å²) in [5.41, 5.74) is 1.89. The summed E-state index contributed by atoms with van der Waals surface area (Å²) < 4.78 is 0. The molecule has 4 rings (SSSR count). The Balaban J connectivity index is 1.90. The van der Waals surface area contributed by atoms with E-state index in [-0.39, 0.29) is 6.04 Å². The zero-order valence-corrected chi connectivity index (χ0v) is 12.8. The molecule has 0 bridgehead atoms. The van der Waals surface area contributed by atoms with Gasteiger partial charge in [0.25, 0.3) is 0 Å². The molecule has 3 aromatic rings. The van der Waals surface area contributed by atoms with Crippen molar-refractivity contribution in [3.05, 3.63) is 105 Å². The maximum Gasteiger partial charge on any atom is 0.234 e. The van der Waals surface area contributed by atoms with Crippen molar-refractivity contribution in [1.29, 1.82) is 0 Å². The number of fused-ring (bicyclic) bond motifs is 2. The van der Waals surface area contributed by atoms with Crippen LogP contribution in [-0.4, -0.2) is 4.92 Å². The third-order valence-electron chi connectivity index (χ3n) is 4.24. The van der Waals surface area contributed by atoms with Crippen molar-refractivity contribution >= 4 is 16.3 Å². The van der Waals surface area contributed by atoms with Crippen LogP contribution in [0.5, 0.6) is 0 Å². The summed E-state index contributed by atoms with van der Waals surface area (Å²) in [5, 5.41) is 14.9. The molecule has 0 spiro atoms. The van der Waals surface area contributed by atoms with Crippen molar-refractivity contribution in [1.82, 2.24) is 0 Å². The highest BCUT2D eigenvalue weighted by Gasteiger charge is 2.20. The lowest BCUT2D eigenvalue weighted by molar-refractivity contribution is -0.402. The first-order chi connectivity index (χ1) is 11.7. The Morgan fingerprint density at radius 3 is 2.54 bits per heavy atom. The van der Waals surface area contributed by atoms with E-state index in [1.54, 1.807) is 6.08 Å². The summed E-state index contributed by atoms with van der Waals surface area (Å²) in [6.07, 6.45) is 2.55. The molecule has 4 nitrogen and oxygen atoms in total. The highest BCUT2D eigenvalue weighted by Crippen LogP contribution is 2.30. The maximum absolute atomic E-state index is 10.8. The van der Waals surface area contributed by atoms with Crippen LogP contribution in [0.4, 0.5) is 0 Å². The average molecular weight is 314 g/mol. The molecule has 1 heterocycles. The van der Waals surface area contributed by atoms with Crippen molar-refractivity contribution in [3.63, 3.8) is 0 Å². The molecule has 0 saturated heterocycles. The number of hydrogen-bond donors (Lipinski definition) is 0. The fourth-order valence-corrected chi connectivity index (χ4v) is 3.14. The van der Waals surface area contributed by atoms with Gasteiger partial charge in [-0.2, -0.15) is 0 Å². The van der Waals surface area contributed by atoms with Crippen molar-refractivity contribution < 1.29 is 4.92 Å². The van der Waals surface area contributed by atoms with E-state index in [1.165, 1.54) is 5.39 Å². The monoisotopic (exact) mass is 314 g/mol. The maximum atomic E-state index is 10.8. The Bertz CT molecular complexity index is 1100. The first kappa shape index (κ1) is 14.3. The van der Waals surface area contributed by atoms with Crippen LogP contribution in [0.15, 0.2) is 84.0 Å². The summed E-state index contributed by atoms with van der Waals surface area (Å²) in [6, 6.07) is 21.9. The number of nitro groups is 1. The smallest absolute Gasteiger partial charge is 0.234 e. The van der Waals surface area contributed by atoms with E-state index in [4.69, 9.17) is 4.99 Å². The Hall–Kier alpha value is -3.27. The minimum atomic E-state index is -0.439. The Labute approximate surface area is 138 Å². The van der Waals surface area contributed by atoms with E-state index < -0.39 is 4.92 Å². The minimum Gasteiger partial charge on any atom is -0.272 e. The third-order valence-corrected chi connectivity index (χ3v) is 4.24. The molecule has 116 valence electrons. The molecule has 1 atom stereocenters. The van der Waals surface area contributed by atoms with Gasteiger partial charge in [0.15, 0.2) is 0 Å². The van der Waals surface area contributed by atoms with Gasteiger partial charge in [-0.05, 0) is 34.0 Å². The Morgan fingerprint density at radius 1 is 0.958 bits per heavy atom. The molecule has 4 heteroatoms. The van der Waals surface area contributed by atoms with Crippen LogP contribution >= 0.6 is 0 Å². The van der Waals surface area contributed by atoms with Gasteiger partial charge >= 0.3 is 0 Å². The second-order valence-electron chi connectivity index (χ2n) is 5.71. The van der Waals surface area contributed by atoms with Gasteiger partial charge in [-0.15, -0.1) is 0 Å². The number of nitrogens with zero attached hydrogens (tertiary/aromatic N) is 2. The van der Waals surface area contributed by atoms with Crippen LogP contribution < -0.4 is 10.6 Å². The van der Waals surface area contributed by atoms with E-state index in [9.17, 15) is 10.1 Å². The van der Waals surface area contributed by atoms with E-state index in [2.05, 4.69) is 24.3 Å². The zero-order valence-electron chi connectivity index (χ0n) is 12.8. The molecule has 24 heavy (non-hydrogen) atoms. The molecule has 0 aromatic heterocycles. The van der Waals surface area contributed by atoms with Gasteiger partial charge in [0, 0.05) is 11.3 Å². The Kier molecular flexibility index (Phi) is 3.43. The van der Waals surface area contributed by atoms with E-state index in [0.717, 1.165) is 33.3 Å². The molecule has 0 saturated carbocycles. The molecule has 1 aliphatic heterocycles. The van der Waals surface area contributed by atoms with Crippen molar-refractivity contribution in [2.24, 2.45) is 4.99 Å². The number of rotatable bonds is 3. The predicted molar refractivity (Wildman–Crippen MR) is 93.5 cm³/mol. The van der Waals surface area contributed by atoms with Crippen LogP contribution in [0.3, 0.4) is 0 Å². The lowest BCUT2D eigenvalue weighted by Gasteiger charge is -2.11. The van der Waals surface area contributed by atoms with Crippen LogP contribution in [0.25, 0.3) is 16.3 Å². The lowest BCUT2D eigenvalue weighted by Crippen LogP contribution is -2.21. The highest BCUT2D eigenvalue weighted by atomic mass is 16.6. The van der Waals surface area contributed by atoms with Gasteiger partial charge < -0.3 is 0 Å². The summed E-state index contributed by atoms with van der Waals surface area (Å²) in [4.78, 5) is 15.1. The average Bonchev–Trinajstić information content (AvgIpc) is 2.98. The number of hydrogen-bond acceptors (Lipinski definition) is 3. The van der Waals surface area contributed by atoms with Crippen molar-refractivity contribution in [2.75, 3.05) is 0 Å². The van der Waals surface area contributed by atoms with E-state index in [0.29, 0.717) is 0 Å². The van der Waals surface area contributed by atoms with Gasteiger partial charge in [0.05, 0.1) is 10.3 Å². The van der Waals surface area contributed by atoms with Crippen molar-refractivity contribution in [2.45, 2.75) is 6.04 Å². The third kappa shape index (κ3) is 2.48. The molecule has 3 aromatic carbocycles. The van der Waals surface area contributed by atoms with Gasteiger partial charge in [0.2, 0.25) is 6.20 Å². The molecule has 0 aliphatic carbocycles. The normalized spacial score (nSPS) is 16.3. The van der Waals surface area contributed by atoms with Gasteiger partial charge in [-0.3, -0.25) is 15.1 Å². The van der Waals surface area contributed by atoms with Crippen LogP contribution in [0, 0.1) is 10.1 Å². The molecule has 0 N–H and O–H groups in total. The highest BCUT2D eigenvalue weighted by molar-refractivity contribution is 5.84. The number of benzene rings is 3. The first-order valence-electron chi connectivity index (χ1n) is 7.70. The van der Waals surface area contributed by atoms with Crippen molar-refractivity contribution in [3.8, 4) is 0 Å². The van der Waals surface area contributed by atoms with E-state index in [1.807, 2.05) is 42.5 Å². The molecule has 0 amide bonds. The van der Waals surface area contributed by atoms with Crippen LogP contribution in [0.2, 0.25) is 0 Å². The quantitative estimate of drug-likeness (QED) is 0.551. The topological polar surface area (TPSA) is 55.5 Å². The number of para-hydroxylation sites is 1. The Morgan fingerprint density at radius 2 is 1.71 bits per heavy atom. The van der Waals surface area contributed by atoms with Crippen LogP contribution in [0.1, 0.15) is 11.6 Å². The molecule has 0 unspecified atom stereocenters. The zero-order chi connectivity index (χ0) is 16.5. The second-order valence-corrected chi connectivity index (χ2v) is 5.71. The summed E-state index contributed by atoms with van der Waals surface area (Å²) >= 11 is 0. The largest absolute Gasteiger partial charge is 0.272 e. The summed E-state index contributed by atoms with van der Waals surface area (Å²) in [6.45, 7) is 0.